The van der Waals surface area contributed by atoms with Gasteiger partial charge in [0.05, 0.1) is 17.6 Å². The molecule has 0 saturated heterocycles. The van der Waals surface area contributed by atoms with Crippen molar-refractivity contribution in [1.29, 1.82) is 5.26 Å². The van der Waals surface area contributed by atoms with Crippen LogP contribution in [0.25, 0.3) is 0 Å². The molecule has 0 aliphatic heterocycles. The lowest BCUT2D eigenvalue weighted by molar-refractivity contribution is -0.147. The molecule has 0 spiro atoms. The summed E-state index contributed by atoms with van der Waals surface area (Å²) < 4.78 is 32.3. The third-order valence-electron chi connectivity index (χ3n) is 4.64. The fraction of sp³-hybridized carbons (Fsp3) is 0.263. The Hall–Kier alpha value is -1.88. The van der Waals surface area contributed by atoms with Crippen molar-refractivity contribution in [2.75, 3.05) is 6.61 Å². The van der Waals surface area contributed by atoms with Crippen LogP contribution in [0.2, 0.25) is 5.02 Å². The molecule has 0 bridgehead atoms. The number of halogens is 2. The van der Waals surface area contributed by atoms with Gasteiger partial charge < -0.3 is 4.74 Å². The highest BCUT2D eigenvalue weighted by atomic mass is 79.9. The minimum Gasteiger partial charge on any atom is -0.465 e. The highest BCUT2D eigenvalue weighted by molar-refractivity contribution is 9.10. The number of esters is 1. The molecular weight excluding hydrogens is 454 g/mol. The topological polar surface area (TPSA) is 84.2 Å². The molecule has 8 heteroatoms. The Morgan fingerprint density at radius 2 is 1.81 bits per heavy atom. The molecular formula is C19H15BrClNO4S. The molecule has 1 aliphatic rings. The summed E-state index contributed by atoms with van der Waals surface area (Å²) >= 11 is 9.17. The first-order chi connectivity index (χ1) is 12.8. The average molecular weight is 469 g/mol. The molecule has 2 aromatic rings. The number of nitrogens with zero attached hydrogens (tertiary/aromatic N) is 1. The summed E-state index contributed by atoms with van der Waals surface area (Å²) in [7, 11) is -3.97. The molecule has 0 radical (unpaired) electrons. The number of nitriles is 1. The van der Waals surface area contributed by atoms with E-state index in [0.29, 0.717) is 10.6 Å². The second-order valence-corrected chi connectivity index (χ2v) is 9.57. The van der Waals surface area contributed by atoms with Crippen LogP contribution in [0.3, 0.4) is 0 Å². The lowest BCUT2D eigenvalue weighted by atomic mass is 10.0. The molecule has 1 fully saturated rings. The second kappa shape index (κ2) is 7.27. The summed E-state index contributed by atoms with van der Waals surface area (Å²) in [5.41, 5.74) is -1.18. The Bertz CT molecular complexity index is 1020. The summed E-state index contributed by atoms with van der Waals surface area (Å²) in [6, 6.07) is 14.5. The van der Waals surface area contributed by atoms with Gasteiger partial charge in [-0.2, -0.15) is 5.26 Å². The van der Waals surface area contributed by atoms with Gasteiger partial charge in [0, 0.05) is 15.4 Å². The van der Waals surface area contributed by atoms with Crippen LogP contribution in [-0.2, 0) is 19.4 Å². The van der Waals surface area contributed by atoms with Gasteiger partial charge in [-0.3, -0.25) is 4.79 Å². The maximum absolute atomic E-state index is 13.2. The monoisotopic (exact) mass is 467 g/mol. The van der Waals surface area contributed by atoms with E-state index in [1.54, 1.807) is 31.2 Å². The molecule has 3 atom stereocenters. The largest absolute Gasteiger partial charge is 0.465 e. The first kappa shape index (κ1) is 19.9. The zero-order chi connectivity index (χ0) is 19.8. The van der Waals surface area contributed by atoms with E-state index < -0.39 is 32.4 Å². The van der Waals surface area contributed by atoms with E-state index in [4.69, 9.17) is 16.3 Å². The molecule has 2 aromatic carbocycles. The molecule has 1 saturated carbocycles. The van der Waals surface area contributed by atoms with E-state index in [1.165, 1.54) is 24.3 Å². The standard InChI is InChI=1S/C19H15BrClNO4S/c1-2-26-18(23)19(11-22)16(12-3-5-13(20)6-4-12)17(19)27(24,25)15-9-7-14(21)8-10-15/h3-10,16-17H,2H2,1H3/t16-,17+,19+/m1/s1. The number of hydrogen-bond acceptors (Lipinski definition) is 5. The fourth-order valence-electron chi connectivity index (χ4n) is 3.33. The van der Waals surface area contributed by atoms with E-state index in [9.17, 15) is 18.5 Å². The number of rotatable bonds is 5. The zero-order valence-corrected chi connectivity index (χ0v) is 17.4. The van der Waals surface area contributed by atoms with Crippen LogP contribution in [0.15, 0.2) is 57.9 Å². The number of sulfone groups is 1. The fourth-order valence-corrected chi connectivity index (χ4v) is 5.97. The maximum Gasteiger partial charge on any atom is 0.328 e. The average Bonchev–Trinajstić information content (AvgIpc) is 3.34. The van der Waals surface area contributed by atoms with Crippen LogP contribution in [0.5, 0.6) is 0 Å². The molecule has 0 heterocycles. The lowest BCUT2D eigenvalue weighted by Crippen LogP contribution is -2.25. The maximum atomic E-state index is 13.2. The van der Waals surface area contributed by atoms with Crippen LogP contribution in [-0.4, -0.2) is 26.2 Å². The molecule has 0 amide bonds. The third-order valence-corrected chi connectivity index (χ3v) is 7.66. The molecule has 1 aliphatic carbocycles. The van der Waals surface area contributed by atoms with Crippen molar-refractivity contribution in [2.45, 2.75) is 23.0 Å². The SMILES string of the molecule is CCOC(=O)[C@@]1(C#N)[C@H](c2ccc(Br)cc2)[C@@H]1S(=O)(=O)c1ccc(Cl)cc1. The Labute approximate surface area is 171 Å². The van der Waals surface area contributed by atoms with Gasteiger partial charge >= 0.3 is 5.97 Å². The Balaban J connectivity index is 2.12. The van der Waals surface area contributed by atoms with Gasteiger partial charge in [-0.15, -0.1) is 0 Å². The minimum absolute atomic E-state index is 0.0143. The minimum atomic E-state index is -3.97. The zero-order valence-electron chi connectivity index (χ0n) is 14.2. The van der Waals surface area contributed by atoms with Crippen molar-refractivity contribution in [2.24, 2.45) is 5.41 Å². The van der Waals surface area contributed by atoms with Crippen LogP contribution >= 0.6 is 27.5 Å². The number of carbonyl (C=O) groups is 1. The summed E-state index contributed by atoms with van der Waals surface area (Å²) in [5.74, 6) is -1.63. The van der Waals surface area contributed by atoms with Gasteiger partial charge in [0.1, 0.15) is 5.25 Å². The van der Waals surface area contributed by atoms with Gasteiger partial charge in [0.25, 0.3) is 0 Å². The van der Waals surface area contributed by atoms with Crippen molar-refractivity contribution in [3.05, 3.63) is 63.6 Å². The predicted octanol–water partition coefficient (Wildman–Crippen LogP) is 4.12. The molecule has 0 N–H and O–H groups in total. The second-order valence-electron chi connectivity index (χ2n) is 6.15. The van der Waals surface area contributed by atoms with E-state index >= 15 is 0 Å². The van der Waals surface area contributed by atoms with Gasteiger partial charge in [-0.05, 0) is 48.9 Å². The highest BCUT2D eigenvalue weighted by Gasteiger charge is 2.77. The number of benzene rings is 2. The Kier molecular flexibility index (Phi) is 5.35. The highest BCUT2D eigenvalue weighted by Crippen LogP contribution is 2.64. The normalized spacial score (nSPS) is 24.1. The summed E-state index contributed by atoms with van der Waals surface area (Å²) in [4.78, 5) is 12.6. The summed E-state index contributed by atoms with van der Waals surface area (Å²) in [5, 5.41) is 8.99. The third kappa shape index (κ3) is 3.27. The molecule has 140 valence electrons. The summed E-state index contributed by atoms with van der Waals surface area (Å²) in [6.45, 7) is 1.67. The van der Waals surface area contributed by atoms with Crippen molar-refractivity contribution < 1.29 is 17.9 Å². The van der Waals surface area contributed by atoms with E-state index in [-0.39, 0.29) is 11.5 Å². The van der Waals surface area contributed by atoms with Crippen molar-refractivity contribution in [3.63, 3.8) is 0 Å². The van der Waals surface area contributed by atoms with Gasteiger partial charge in [-0.1, -0.05) is 39.7 Å². The van der Waals surface area contributed by atoms with Crippen molar-refractivity contribution >= 4 is 43.3 Å². The number of hydrogen-bond donors (Lipinski definition) is 0. The molecule has 0 unspecified atom stereocenters. The number of carbonyl (C=O) groups excluding carboxylic acids is 1. The van der Waals surface area contributed by atoms with Crippen LogP contribution in [0.4, 0.5) is 0 Å². The Morgan fingerprint density at radius 1 is 1.22 bits per heavy atom. The smallest absolute Gasteiger partial charge is 0.328 e. The molecule has 0 aromatic heterocycles. The Morgan fingerprint density at radius 3 is 2.33 bits per heavy atom. The molecule has 3 rings (SSSR count). The van der Waals surface area contributed by atoms with Crippen LogP contribution in [0, 0.1) is 16.7 Å². The molecule has 5 nitrogen and oxygen atoms in total. The van der Waals surface area contributed by atoms with Gasteiger partial charge in [0.2, 0.25) is 0 Å². The van der Waals surface area contributed by atoms with Crippen LogP contribution in [0.1, 0.15) is 18.4 Å². The van der Waals surface area contributed by atoms with Gasteiger partial charge in [-0.25, -0.2) is 8.42 Å². The first-order valence-electron chi connectivity index (χ1n) is 8.12. The van der Waals surface area contributed by atoms with E-state index in [2.05, 4.69) is 15.9 Å². The lowest BCUT2D eigenvalue weighted by Gasteiger charge is -2.09. The molecule has 27 heavy (non-hydrogen) atoms. The van der Waals surface area contributed by atoms with E-state index in [1.807, 2.05) is 6.07 Å². The van der Waals surface area contributed by atoms with Crippen LogP contribution < -0.4 is 0 Å². The van der Waals surface area contributed by atoms with E-state index in [0.717, 1.165) is 4.47 Å². The summed E-state index contributed by atoms with van der Waals surface area (Å²) in [6.07, 6.45) is 0. The predicted molar refractivity (Wildman–Crippen MR) is 104 cm³/mol. The quantitative estimate of drug-likeness (QED) is 0.616. The number of ether oxygens (including phenoxy) is 1. The van der Waals surface area contributed by atoms with Crippen molar-refractivity contribution in [3.8, 4) is 6.07 Å². The van der Waals surface area contributed by atoms with Gasteiger partial charge in [0.15, 0.2) is 15.3 Å². The first-order valence-corrected chi connectivity index (χ1v) is 10.8. The van der Waals surface area contributed by atoms with Crippen molar-refractivity contribution in [1.82, 2.24) is 0 Å².